The predicted octanol–water partition coefficient (Wildman–Crippen LogP) is 5.22. The van der Waals surface area contributed by atoms with Crippen LogP contribution in [0, 0.1) is 23.7 Å². The van der Waals surface area contributed by atoms with Crippen LogP contribution in [-0.4, -0.2) is 0 Å². The fourth-order valence-electron chi connectivity index (χ4n) is 2.87. The van der Waals surface area contributed by atoms with Crippen LogP contribution in [0.5, 0.6) is 0 Å². The van der Waals surface area contributed by atoms with Gasteiger partial charge in [-0.05, 0) is 49.4 Å². The van der Waals surface area contributed by atoms with E-state index in [1.165, 1.54) is 25.7 Å². The minimum Gasteiger partial charge on any atom is -0.0885 e. The minimum atomic E-state index is 0.808. The highest BCUT2D eigenvalue weighted by Crippen LogP contribution is 2.39. The first kappa shape index (κ1) is 13.5. The van der Waals surface area contributed by atoms with Crippen molar-refractivity contribution in [2.45, 2.75) is 53.4 Å². The van der Waals surface area contributed by atoms with E-state index in [4.69, 9.17) is 0 Å². The summed E-state index contributed by atoms with van der Waals surface area (Å²) in [6.07, 6.45) is 14.7. The van der Waals surface area contributed by atoms with Gasteiger partial charge >= 0.3 is 0 Å². The van der Waals surface area contributed by atoms with E-state index in [9.17, 15) is 0 Å². The van der Waals surface area contributed by atoms with E-state index < -0.39 is 0 Å². The van der Waals surface area contributed by atoms with Crippen molar-refractivity contribution >= 4 is 0 Å². The van der Waals surface area contributed by atoms with E-state index >= 15 is 0 Å². The highest BCUT2D eigenvalue weighted by Gasteiger charge is 2.29. The van der Waals surface area contributed by atoms with Crippen LogP contribution in [0.4, 0.5) is 0 Å². The average Bonchev–Trinajstić information content (AvgIpc) is 2.26. The smallest absolute Gasteiger partial charge is 0.0202 e. The summed E-state index contributed by atoms with van der Waals surface area (Å²) in [6.45, 7) is 9.28. The van der Waals surface area contributed by atoms with E-state index in [1.807, 2.05) is 0 Å². The Kier molecular flexibility index (Phi) is 5.87. The van der Waals surface area contributed by atoms with Crippen molar-refractivity contribution in [3.8, 4) is 0 Å². The van der Waals surface area contributed by atoms with Crippen molar-refractivity contribution in [3.63, 3.8) is 0 Å². The molecule has 0 radical (unpaired) electrons. The molecule has 0 aliphatic heterocycles. The van der Waals surface area contributed by atoms with Gasteiger partial charge in [0.15, 0.2) is 0 Å². The van der Waals surface area contributed by atoms with Gasteiger partial charge in [-0.1, -0.05) is 52.0 Å². The Labute approximate surface area is 102 Å². The van der Waals surface area contributed by atoms with Crippen molar-refractivity contribution in [3.05, 3.63) is 24.3 Å². The molecule has 1 fully saturated rings. The zero-order valence-corrected chi connectivity index (χ0v) is 11.4. The molecule has 1 aliphatic carbocycles. The Morgan fingerprint density at radius 2 is 1.25 bits per heavy atom. The molecule has 0 bridgehead atoms. The maximum atomic E-state index is 2.46. The van der Waals surface area contributed by atoms with Crippen LogP contribution in [0.25, 0.3) is 0 Å². The van der Waals surface area contributed by atoms with Crippen LogP contribution >= 0.6 is 0 Å². The maximum Gasteiger partial charge on any atom is -0.0202 e. The summed E-state index contributed by atoms with van der Waals surface area (Å²) in [6, 6.07) is 0. The molecule has 1 saturated carbocycles. The van der Waals surface area contributed by atoms with Gasteiger partial charge in [0.05, 0.1) is 0 Å². The number of allylic oxidation sites excluding steroid dienone is 4. The number of hydrogen-bond donors (Lipinski definition) is 0. The third kappa shape index (κ3) is 3.81. The van der Waals surface area contributed by atoms with Crippen LogP contribution in [0.1, 0.15) is 53.4 Å². The SMILES string of the molecule is CCC=CC1CC(C=CCC)C(C)CC1C. The van der Waals surface area contributed by atoms with Crippen LogP contribution in [0.15, 0.2) is 24.3 Å². The molecule has 0 spiro atoms. The molecule has 0 aromatic rings. The molecular formula is C16H28. The fourth-order valence-corrected chi connectivity index (χ4v) is 2.87. The maximum absolute atomic E-state index is 2.46. The first-order chi connectivity index (χ1) is 7.69. The van der Waals surface area contributed by atoms with Crippen LogP contribution in [0.3, 0.4) is 0 Å². The molecule has 0 aromatic carbocycles. The zero-order chi connectivity index (χ0) is 12.0. The third-order valence-electron chi connectivity index (χ3n) is 3.99. The molecule has 16 heavy (non-hydrogen) atoms. The Bertz CT molecular complexity index is 212. The van der Waals surface area contributed by atoms with Crippen LogP contribution in [-0.2, 0) is 0 Å². The molecule has 0 heteroatoms. The lowest BCUT2D eigenvalue weighted by Crippen LogP contribution is -2.27. The Morgan fingerprint density at radius 1 is 0.812 bits per heavy atom. The fraction of sp³-hybridized carbons (Fsp3) is 0.750. The van der Waals surface area contributed by atoms with Crippen molar-refractivity contribution in [1.82, 2.24) is 0 Å². The summed E-state index contributed by atoms with van der Waals surface area (Å²) in [5.41, 5.74) is 0. The average molecular weight is 220 g/mol. The molecule has 0 saturated heterocycles. The van der Waals surface area contributed by atoms with Crippen LogP contribution < -0.4 is 0 Å². The summed E-state index contributed by atoms with van der Waals surface area (Å²) in [5, 5.41) is 0. The van der Waals surface area contributed by atoms with Gasteiger partial charge in [-0.3, -0.25) is 0 Å². The van der Waals surface area contributed by atoms with Crippen molar-refractivity contribution in [2.24, 2.45) is 23.7 Å². The van der Waals surface area contributed by atoms with E-state index in [0.29, 0.717) is 0 Å². The van der Waals surface area contributed by atoms with E-state index in [2.05, 4.69) is 52.0 Å². The van der Waals surface area contributed by atoms with Crippen molar-refractivity contribution in [1.29, 1.82) is 0 Å². The largest absolute Gasteiger partial charge is 0.0885 e. The molecule has 0 amide bonds. The normalized spacial score (nSPS) is 36.2. The molecule has 0 N–H and O–H groups in total. The topological polar surface area (TPSA) is 0 Å². The quantitative estimate of drug-likeness (QED) is 0.570. The molecule has 92 valence electrons. The summed E-state index contributed by atoms with van der Waals surface area (Å²) < 4.78 is 0. The monoisotopic (exact) mass is 220 g/mol. The summed E-state index contributed by atoms with van der Waals surface area (Å²) in [4.78, 5) is 0. The van der Waals surface area contributed by atoms with E-state index in [1.54, 1.807) is 0 Å². The molecule has 0 nitrogen and oxygen atoms in total. The Morgan fingerprint density at radius 3 is 1.62 bits per heavy atom. The second-order valence-electron chi connectivity index (χ2n) is 5.43. The number of hydrogen-bond acceptors (Lipinski definition) is 0. The summed E-state index contributed by atoms with van der Waals surface area (Å²) >= 11 is 0. The van der Waals surface area contributed by atoms with Gasteiger partial charge in [-0.15, -0.1) is 0 Å². The lowest BCUT2D eigenvalue weighted by atomic mass is 9.69. The second-order valence-corrected chi connectivity index (χ2v) is 5.43. The highest BCUT2D eigenvalue weighted by atomic mass is 14.3. The highest BCUT2D eigenvalue weighted by molar-refractivity contribution is 5.00. The Balaban J connectivity index is 2.60. The molecule has 0 heterocycles. The van der Waals surface area contributed by atoms with Crippen molar-refractivity contribution in [2.75, 3.05) is 0 Å². The molecule has 1 rings (SSSR count). The zero-order valence-electron chi connectivity index (χ0n) is 11.4. The first-order valence-corrected chi connectivity index (χ1v) is 7.02. The predicted molar refractivity (Wildman–Crippen MR) is 73.4 cm³/mol. The molecular weight excluding hydrogens is 192 g/mol. The Hall–Kier alpha value is -0.520. The third-order valence-corrected chi connectivity index (χ3v) is 3.99. The van der Waals surface area contributed by atoms with Gasteiger partial charge < -0.3 is 0 Å². The molecule has 4 unspecified atom stereocenters. The van der Waals surface area contributed by atoms with Crippen molar-refractivity contribution < 1.29 is 0 Å². The summed E-state index contributed by atoms with van der Waals surface area (Å²) in [5.74, 6) is 3.35. The van der Waals surface area contributed by atoms with Gasteiger partial charge in [0.25, 0.3) is 0 Å². The van der Waals surface area contributed by atoms with Crippen LogP contribution in [0.2, 0.25) is 0 Å². The minimum absolute atomic E-state index is 0.808. The second kappa shape index (κ2) is 6.93. The first-order valence-electron chi connectivity index (χ1n) is 7.02. The van der Waals surface area contributed by atoms with E-state index in [-0.39, 0.29) is 0 Å². The van der Waals surface area contributed by atoms with Gasteiger partial charge in [0, 0.05) is 0 Å². The summed E-state index contributed by atoms with van der Waals surface area (Å²) in [7, 11) is 0. The number of rotatable bonds is 4. The van der Waals surface area contributed by atoms with Gasteiger partial charge in [-0.25, -0.2) is 0 Å². The lowest BCUT2D eigenvalue weighted by Gasteiger charge is -2.36. The molecule has 0 aromatic heterocycles. The molecule has 4 atom stereocenters. The molecule has 1 aliphatic rings. The van der Waals surface area contributed by atoms with E-state index in [0.717, 1.165) is 23.7 Å². The standard InChI is InChI=1S/C16H28/c1-5-7-9-15-12-16(10-8-6-2)14(4)11-13(15)3/h7-10,13-16H,5-6,11-12H2,1-4H3. The van der Waals surface area contributed by atoms with Gasteiger partial charge in [0.2, 0.25) is 0 Å². The van der Waals surface area contributed by atoms with Gasteiger partial charge in [-0.2, -0.15) is 0 Å². The lowest BCUT2D eigenvalue weighted by molar-refractivity contribution is 0.192. The van der Waals surface area contributed by atoms with Gasteiger partial charge in [0.1, 0.15) is 0 Å².